The highest BCUT2D eigenvalue weighted by Crippen LogP contribution is 2.32. The van der Waals surface area contributed by atoms with E-state index in [1.807, 2.05) is 46.6 Å². The topological polar surface area (TPSA) is 59.3 Å². The van der Waals surface area contributed by atoms with Gasteiger partial charge in [-0.25, -0.2) is 0 Å². The minimum Gasteiger partial charge on any atom is -0.352 e. The minimum atomic E-state index is -0.0875. The number of fused-ring (bicyclic) bond motifs is 3. The number of nitrogens with one attached hydrogen (secondary N) is 1. The van der Waals surface area contributed by atoms with E-state index in [4.69, 9.17) is 0 Å². The molecule has 3 aromatic rings. The third kappa shape index (κ3) is 4.20. The number of hydrogen-bond acceptors (Lipinski definition) is 3. The third-order valence-electron chi connectivity index (χ3n) is 7.13. The number of para-hydroxylation sites is 1. The zero-order chi connectivity index (χ0) is 22.7. The van der Waals surface area contributed by atoms with Gasteiger partial charge >= 0.3 is 0 Å². The number of carbonyl (C=O) groups is 1. The van der Waals surface area contributed by atoms with E-state index in [9.17, 15) is 9.59 Å². The number of aryl methyl sites for hydroxylation is 1. The summed E-state index contributed by atoms with van der Waals surface area (Å²) in [7, 11) is 1.93. The highest BCUT2D eigenvalue weighted by atomic mass is 16.2. The monoisotopic (exact) mass is 436 g/mol. The first-order valence-electron chi connectivity index (χ1n) is 12.2. The van der Waals surface area contributed by atoms with E-state index in [2.05, 4.69) is 24.1 Å². The molecular formula is C26H36N4O2. The maximum absolute atomic E-state index is 13.6. The van der Waals surface area contributed by atoms with Crippen molar-refractivity contribution in [2.24, 2.45) is 7.05 Å². The Morgan fingerprint density at radius 3 is 2.56 bits per heavy atom. The van der Waals surface area contributed by atoms with Crippen molar-refractivity contribution in [2.75, 3.05) is 26.2 Å². The Labute approximate surface area is 190 Å². The molecule has 6 heteroatoms. The van der Waals surface area contributed by atoms with Gasteiger partial charge < -0.3 is 19.4 Å². The molecule has 2 heterocycles. The molecule has 1 amide bonds. The lowest BCUT2D eigenvalue weighted by atomic mass is 9.95. The van der Waals surface area contributed by atoms with Crippen LogP contribution in [0.5, 0.6) is 0 Å². The Kier molecular flexibility index (Phi) is 6.99. The molecule has 1 aromatic carbocycles. The van der Waals surface area contributed by atoms with E-state index in [1.54, 1.807) is 0 Å². The smallest absolute Gasteiger partial charge is 0.275 e. The second-order valence-electron chi connectivity index (χ2n) is 8.98. The number of benzene rings is 1. The lowest BCUT2D eigenvalue weighted by Gasteiger charge is -2.25. The predicted octanol–water partition coefficient (Wildman–Crippen LogP) is 4.46. The molecule has 0 spiro atoms. The van der Waals surface area contributed by atoms with Crippen molar-refractivity contribution in [1.29, 1.82) is 0 Å². The minimum absolute atomic E-state index is 0.0173. The quantitative estimate of drug-likeness (QED) is 0.531. The summed E-state index contributed by atoms with van der Waals surface area (Å²) in [5.41, 5.74) is 2.25. The number of amides is 1. The van der Waals surface area contributed by atoms with Crippen molar-refractivity contribution in [3.8, 4) is 0 Å². The maximum Gasteiger partial charge on any atom is 0.275 e. The van der Waals surface area contributed by atoms with Crippen molar-refractivity contribution in [2.45, 2.75) is 58.4 Å². The van der Waals surface area contributed by atoms with Crippen molar-refractivity contribution < 1.29 is 4.79 Å². The first-order chi connectivity index (χ1) is 15.6. The van der Waals surface area contributed by atoms with Crippen LogP contribution in [0.2, 0.25) is 0 Å². The summed E-state index contributed by atoms with van der Waals surface area (Å²) in [4.78, 5) is 29.4. The normalized spacial score (nSPS) is 15.1. The van der Waals surface area contributed by atoms with Crippen molar-refractivity contribution >= 4 is 27.7 Å². The summed E-state index contributed by atoms with van der Waals surface area (Å²) >= 11 is 0. The van der Waals surface area contributed by atoms with Crippen LogP contribution in [0.3, 0.4) is 0 Å². The van der Waals surface area contributed by atoms with Gasteiger partial charge in [0.1, 0.15) is 5.52 Å². The molecular weight excluding hydrogens is 400 g/mol. The SMILES string of the molecule is CCN(CC)CCCNC(=O)c1cn(C2CCCCC2)c(=O)c2c1c1ccccc1n2C. The van der Waals surface area contributed by atoms with Gasteiger partial charge in [0.25, 0.3) is 11.5 Å². The highest BCUT2D eigenvalue weighted by molar-refractivity contribution is 6.17. The summed E-state index contributed by atoms with van der Waals surface area (Å²) in [6.45, 7) is 7.96. The van der Waals surface area contributed by atoms with Gasteiger partial charge in [-0.1, -0.05) is 51.3 Å². The summed E-state index contributed by atoms with van der Waals surface area (Å²) in [5, 5.41) is 4.87. The van der Waals surface area contributed by atoms with E-state index in [1.165, 1.54) is 6.42 Å². The van der Waals surface area contributed by atoms with Crippen LogP contribution in [-0.2, 0) is 7.05 Å². The van der Waals surface area contributed by atoms with Crippen molar-refractivity contribution in [3.05, 3.63) is 46.4 Å². The van der Waals surface area contributed by atoms with Crippen molar-refractivity contribution in [1.82, 2.24) is 19.4 Å². The first-order valence-corrected chi connectivity index (χ1v) is 12.2. The molecule has 172 valence electrons. The molecule has 1 N–H and O–H groups in total. The molecule has 0 atom stereocenters. The molecule has 0 radical (unpaired) electrons. The van der Waals surface area contributed by atoms with Gasteiger partial charge in [0.15, 0.2) is 0 Å². The Morgan fingerprint density at radius 2 is 1.84 bits per heavy atom. The van der Waals surface area contributed by atoms with Crippen LogP contribution in [0, 0.1) is 0 Å². The number of pyridine rings is 1. The van der Waals surface area contributed by atoms with Crippen LogP contribution in [0.1, 0.15) is 68.8 Å². The fraction of sp³-hybridized carbons (Fsp3) is 0.538. The molecule has 4 rings (SSSR count). The lowest BCUT2D eigenvalue weighted by molar-refractivity contribution is 0.0952. The van der Waals surface area contributed by atoms with E-state index in [0.717, 1.165) is 68.0 Å². The number of rotatable bonds is 8. The molecule has 2 aromatic heterocycles. The van der Waals surface area contributed by atoms with Gasteiger partial charge in [0.2, 0.25) is 0 Å². The number of hydrogen-bond donors (Lipinski definition) is 1. The number of aromatic nitrogens is 2. The summed E-state index contributed by atoms with van der Waals surface area (Å²) in [6, 6.07) is 8.16. The lowest BCUT2D eigenvalue weighted by Crippen LogP contribution is -2.32. The molecule has 0 bridgehead atoms. The van der Waals surface area contributed by atoms with Crippen LogP contribution >= 0.6 is 0 Å². The molecule has 1 saturated carbocycles. The Bertz CT molecular complexity index is 1150. The van der Waals surface area contributed by atoms with E-state index in [-0.39, 0.29) is 17.5 Å². The zero-order valence-corrected chi connectivity index (χ0v) is 19.7. The summed E-state index contributed by atoms with van der Waals surface area (Å²) < 4.78 is 3.81. The molecule has 1 aliphatic rings. The second-order valence-corrected chi connectivity index (χ2v) is 8.98. The molecule has 0 aliphatic heterocycles. The highest BCUT2D eigenvalue weighted by Gasteiger charge is 2.24. The average Bonchev–Trinajstić information content (AvgIpc) is 3.13. The molecule has 0 saturated heterocycles. The average molecular weight is 437 g/mol. The molecule has 1 aliphatic carbocycles. The maximum atomic E-state index is 13.6. The van der Waals surface area contributed by atoms with E-state index in [0.29, 0.717) is 17.6 Å². The molecule has 0 unspecified atom stereocenters. The van der Waals surface area contributed by atoms with Crippen molar-refractivity contribution in [3.63, 3.8) is 0 Å². The van der Waals surface area contributed by atoms with Crippen LogP contribution in [-0.4, -0.2) is 46.1 Å². The van der Waals surface area contributed by atoms with E-state index >= 15 is 0 Å². The Morgan fingerprint density at radius 1 is 1.12 bits per heavy atom. The molecule has 1 fully saturated rings. The summed E-state index contributed by atoms with van der Waals surface area (Å²) in [5.74, 6) is -0.0875. The van der Waals surface area contributed by atoms with Crippen LogP contribution in [0.4, 0.5) is 0 Å². The Hall–Kier alpha value is -2.60. The van der Waals surface area contributed by atoms with Gasteiger partial charge in [-0.2, -0.15) is 0 Å². The largest absolute Gasteiger partial charge is 0.352 e. The van der Waals surface area contributed by atoms with Gasteiger partial charge in [0, 0.05) is 42.1 Å². The van der Waals surface area contributed by atoms with Crippen LogP contribution < -0.4 is 10.9 Å². The number of carbonyl (C=O) groups excluding carboxylic acids is 1. The van der Waals surface area contributed by atoms with Gasteiger partial charge in [-0.05, 0) is 45.0 Å². The predicted molar refractivity (Wildman–Crippen MR) is 132 cm³/mol. The number of nitrogens with zero attached hydrogens (tertiary/aromatic N) is 3. The van der Waals surface area contributed by atoms with E-state index < -0.39 is 0 Å². The van der Waals surface area contributed by atoms with Gasteiger partial charge in [0.05, 0.1) is 5.56 Å². The fourth-order valence-electron chi connectivity index (χ4n) is 5.24. The van der Waals surface area contributed by atoms with Gasteiger partial charge in [-0.15, -0.1) is 0 Å². The summed E-state index contributed by atoms with van der Waals surface area (Å²) in [6.07, 6.45) is 8.25. The van der Waals surface area contributed by atoms with Crippen LogP contribution in [0.15, 0.2) is 35.3 Å². The fourth-order valence-corrected chi connectivity index (χ4v) is 5.24. The Balaban J connectivity index is 1.74. The molecule has 6 nitrogen and oxygen atoms in total. The zero-order valence-electron chi connectivity index (χ0n) is 19.7. The molecule has 32 heavy (non-hydrogen) atoms. The standard InChI is InChI=1S/C26H36N4O2/c1-4-29(5-2)17-11-16-27-25(31)21-18-30(19-12-7-6-8-13-19)26(32)24-23(21)20-14-9-10-15-22(20)28(24)3/h9-10,14-15,18-19H,4-8,11-13,16-17H2,1-3H3,(H,27,31). The first kappa shape index (κ1) is 22.6. The third-order valence-corrected chi connectivity index (χ3v) is 7.13. The second kappa shape index (κ2) is 9.90. The van der Waals surface area contributed by atoms with Gasteiger partial charge in [-0.3, -0.25) is 9.59 Å². The van der Waals surface area contributed by atoms with Crippen LogP contribution in [0.25, 0.3) is 21.8 Å².